The molecule has 0 saturated carbocycles. The van der Waals surface area contributed by atoms with Crippen LogP contribution in [0.25, 0.3) is 0 Å². The number of nitrogens with zero attached hydrogens (tertiary/aromatic N) is 2. The van der Waals surface area contributed by atoms with Crippen LogP contribution in [-0.4, -0.2) is 16.2 Å². The normalized spacial score (nSPS) is 10.7. The van der Waals surface area contributed by atoms with Crippen molar-refractivity contribution in [1.82, 2.24) is 0 Å². The molecule has 0 fully saturated rings. The van der Waals surface area contributed by atoms with Crippen LogP contribution < -0.4 is 0 Å². The van der Waals surface area contributed by atoms with Gasteiger partial charge >= 0.3 is 5.69 Å². The number of nitro groups is 1. The summed E-state index contributed by atoms with van der Waals surface area (Å²) in [6, 6.07) is 11.8. The number of hydrogen-bond acceptors (Lipinski definition) is 5. The molecule has 0 aliphatic rings. The fourth-order valence-electron chi connectivity index (χ4n) is 1.62. The monoisotopic (exact) mass is 306 g/mol. The molecule has 0 saturated heterocycles. The predicted octanol–water partition coefficient (Wildman–Crippen LogP) is 3.50. The molecule has 1 N–H and O–H groups in total. The number of nitro benzene ring substituents is 1. The van der Waals surface area contributed by atoms with Gasteiger partial charge in [0.15, 0.2) is 0 Å². The summed E-state index contributed by atoms with van der Waals surface area (Å²) in [4.78, 5) is 15.1. The van der Waals surface area contributed by atoms with Gasteiger partial charge in [0.1, 0.15) is 6.61 Å². The summed E-state index contributed by atoms with van der Waals surface area (Å²) in [6.07, 6.45) is 1.18. The molecule has 0 unspecified atom stereocenters. The lowest BCUT2D eigenvalue weighted by Gasteiger charge is -2.02. The second-order valence-electron chi connectivity index (χ2n) is 4.11. The molecule has 108 valence electrons. The van der Waals surface area contributed by atoms with Crippen molar-refractivity contribution in [2.24, 2.45) is 5.16 Å². The van der Waals surface area contributed by atoms with Crippen molar-refractivity contribution in [3.63, 3.8) is 0 Å². The number of halogens is 1. The number of rotatable bonds is 5. The molecule has 0 aliphatic heterocycles. The predicted molar refractivity (Wildman–Crippen MR) is 78.6 cm³/mol. The smallest absolute Gasteiger partial charge is 0.312 e. The summed E-state index contributed by atoms with van der Waals surface area (Å²) < 4.78 is 0. The minimum atomic E-state index is -0.719. The zero-order valence-electron chi connectivity index (χ0n) is 10.8. The van der Waals surface area contributed by atoms with Crippen LogP contribution in [0.5, 0.6) is 5.75 Å². The maximum absolute atomic E-state index is 10.8. The van der Waals surface area contributed by atoms with Crippen LogP contribution in [0.4, 0.5) is 5.69 Å². The summed E-state index contributed by atoms with van der Waals surface area (Å²) in [7, 11) is 0. The Labute approximate surface area is 125 Å². The van der Waals surface area contributed by atoms with Gasteiger partial charge < -0.3 is 9.94 Å². The first-order valence-corrected chi connectivity index (χ1v) is 6.32. The van der Waals surface area contributed by atoms with E-state index in [9.17, 15) is 15.2 Å². The van der Waals surface area contributed by atoms with Crippen molar-refractivity contribution in [1.29, 1.82) is 0 Å². The number of benzene rings is 2. The van der Waals surface area contributed by atoms with Crippen molar-refractivity contribution in [2.75, 3.05) is 0 Å². The first-order valence-electron chi connectivity index (χ1n) is 5.94. The topological polar surface area (TPSA) is 85.0 Å². The van der Waals surface area contributed by atoms with Gasteiger partial charge in [-0.15, -0.1) is 0 Å². The molecule has 0 amide bonds. The zero-order valence-corrected chi connectivity index (χ0v) is 11.5. The van der Waals surface area contributed by atoms with Crippen LogP contribution in [0.15, 0.2) is 47.6 Å². The van der Waals surface area contributed by atoms with Crippen molar-refractivity contribution >= 4 is 23.5 Å². The number of aromatic hydroxyl groups is 1. The third-order valence-electron chi connectivity index (χ3n) is 2.62. The minimum Gasteiger partial charge on any atom is -0.502 e. The van der Waals surface area contributed by atoms with E-state index in [1.807, 2.05) is 30.3 Å². The van der Waals surface area contributed by atoms with E-state index in [4.69, 9.17) is 16.4 Å². The molecule has 21 heavy (non-hydrogen) atoms. The van der Waals surface area contributed by atoms with E-state index in [0.717, 1.165) is 11.6 Å². The quantitative estimate of drug-likeness (QED) is 0.520. The van der Waals surface area contributed by atoms with Gasteiger partial charge in [0.05, 0.1) is 11.1 Å². The van der Waals surface area contributed by atoms with Gasteiger partial charge in [0.2, 0.25) is 5.75 Å². The molecule has 7 heteroatoms. The van der Waals surface area contributed by atoms with Crippen molar-refractivity contribution in [2.45, 2.75) is 6.61 Å². The number of phenolic OH excluding ortho intramolecular Hbond substituents is 1. The molecule has 6 nitrogen and oxygen atoms in total. The van der Waals surface area contributed by atoms with Crippen LogP contribution >= 0.6 is 11.6 Å². The fourth-order valence-corrected chi connectivity index (χ4v) is 1.84. The Balaban J connectivity index is 2.09. The summed E-state index contributed by atoms with van der Waals surface area (Å²) in [5, 5.41) is 24.3. The SMILES string of the molecule is O=[N+]([O-])c1cc(Cl)cc(/C=N/OCc2ccccc2)c1O. The van der Waals surface area contributed by atoms with Gasteiger partial charge in [-0.25, -0.2) is 0 Å². The Bertz CT molecular complexity index is 674. The first-order chi connectivity index (χ1) is 10.1. The summed E-state index contributed by atoms with van der Waals surface area (Å²) in [5.41, 5.74) is 0.560. The highest BCUT2D eigenvalue weighted by Crippen LogP contribution is 2.32. The maximum atomic E-state index is 10.8. The molecule has 2 aromatic carbocycles. The molecule has 0 radical (unpaired) electrons. The van der Waals surface area contributed by atoms with Crippen molar-refractivity contribution < 1.29 is 14.9 Å². The summed E-state index contributed by atoms with van der Waals surface area (Å²) in [6.45, 7) is 0.251. The zero-order chi connectivity index (χ0) is 15.2. The molecular formula is C14H11ClN2O4. The van der Waals surface area contributed by atoms with Gasteiger partial charge in [-0.05, 0) is 11.6 Å². The van der Waals surface area contributed by atoms with E-state index >= 15 is 0 Å². The first kappa shape index (κ1) is 14.8. The minimum absolute atomic E-state index is 0.113. The van der Waals surface area contributed by atoms with Gasteiger partial charge in [-0.3, -0.25) is 10.1 Å². The van der Waals surface area contributed by atoms with E-state index in [1.165, 1.54) is 12.3 Å². The fraction of sp³-hybridized carbons (Fsp3) is 0.0714. The summed E-state index contributed by atoms with van der Waals surface area (Å²) >= 11 is 5.76. The second kappa shape index (κ2) is 6.71. The van der Waals surface area contributed by atoms with Crippen LogP contribution in [0.1, 0.15) is 11.1 Å². The molecule has 0 spiro atoms. The average Bonchev–Trinajstić information content (AvgIpc) is 2.47. The second-order valence-corrected chi connectivity index (χ2v) is 4.55. The summed E-state index contributed by atoms with van der Waals surface area (Å²) in [5.74, 6) is -0.503. The lowest BCUT2D eigenvalue weighted by atomic mass is 10.2. The van der Waals surface area contributed by atoms with Crippen molar-refractivity contribution in [3.8, 4) is 5.75 Å². The number of oxime groups is 1. The molecule has 0 heterocycles. The standard InChI is InChI=1S/C14H11ClN2O4/c15-12-6-11(14(18)13(7-12)17(19)20)8-16-21-9-10-4-2-1-3-5-10/h1-8,18H,9H2/b16-8+. The van der Waals surface area contributed by atoms with Gasteiger partial charge in [0.25, 0.3) is 0 Å². The molecule has 2 aromatic rings. The van der Waals surface area contributed by atoms with E-state index < -0.39 is 16.4 Å². The Morgan fingerprint density at radius 1 is 1.33 bits per heavy atom. The number of phenols is 1. The third-order valence-corrected chi connectivity index (χ3v) is 2.84. The molecule has 0 aromatic heterocycles. The van der Waals surface area contributed by atoms with E-state index in [0.29, 0.717) is 0 Å². The molecule has 0 aliphatic carbocycles. The van der Waals surface area contributed by atoms with E-state index in [2.05, 4.69) is 5.16 Å². The molecule has 0 atom stereocenters. The molecule has 2 rings (SSSR count). The van der Waals surface area contributed by atoms with Crippen LogP contribution in [0.3, 0.4) is 0 Å². The highest BCUT2D eigenvalue weighted by molar-refractivity contribution is 6.31. The third kappa shape index (κ3) is 3.93. The van der Waals surface area contributed by atoms with Crippen LogP contribution in [-0.2, 0) is 11.4 Å². The lowest BCUT2D eigenvalue weighted by Crippen LogP contribution is -1.93. The van der Waals surface area contributed by atoms with Gasteiger partial charge in [0, 0.05) is 16.7 Å². The highest BCUT2D eigenvalue weighted by atomic mass is 35.5. The maximum Gasteiger partial charge on any atom is 0.312 e. The Kier molecular flexibility index (Phi) is 4.73. The van der Waals surface area contributed by atoms with E-state index in [-0.39, 0.29) is 17.2 Å². The van der Waals surface area contributed by atoms with Gasteiger partial charge in [-0.2, -0.15) is 0 Å². The van der Waals surface area contributed by atoms with Gasteiger partial charge in [-0.1, -0.05) is 47.1 Å². The Hall–Kier alpha value is -2.60. The Morgan fingerprint density at radius 3 is 2.71 bits per heavy atom. The van der Waals surface area contributed by atoms with Crippen molar-refractivity contribution in [3.05, 3.63) is 68.7 Å². The van der Waals surface area contributed by atoms with Crippen LogP contribution in [0, 0.1) is 10.1 Å². The number of hydrogen-bond donors (Lipinski definition) is 1. The lowest BCUT2D eigenvalue weighted by molar-refractivity contribution is -0.385. The van der Waals surface area contributed by atoms with Crippen LogP contribution in [0.2, 0.25) is 5.02 Å². The largest absolute Gasteiger partial charge is 0.502 e. The molecule has 0 bridgehead atoms. The highest BCUT2D eigenvalue weighted by Gasteiger charge is 2.17. The Morgan fingerprint density at radius 2 is 2.05 bits per heavy atom. The van der Waals surface area contributed by atoms with E-state index in [1.54, 1.807) is 0 Å². The molecular weight excluding hydrogens is 296 g/mol. The average molecular weight is 307 g/mol.